The second-order valence-electron chi connectivity index (χ2n) is 5.54. The molecule has 6 heteroatoms. The van der Waals surface area contributed by atoms with E-state index in [1.54, 1.807) is 12.1 Å². The van der Waals surface area contributed by atoms with Crippen molar-refractivity contribution in [1.29, 1.82) is 0 Å². The van der Waals surface area contributed by atoms with Crippen LogP contribution in [-0.4, -0.2) is 50.1 Å². The van der Waals surface area contributed by atoms with Gasteiger partial charge in [-0.15, -0.1) is 0 Å². The number of hydrogen-bond donors (Lipinski definition) is 1. The summed E-state index contributed by atoms with van der Waals surface area (Å²) in [6, 6.07) is 9.96. The molecule has 1 aromatic carbocycles. The van der Waals surface area contributed by atoms with Gasteiger partial charge in [-0.2, -0.15) is 0 Å². The van der Waals surface area contributed by atoms with Crippen LogP contribution in [0.4, 0.5) is 10.1 Å². The summed E-state index contributed by atoms with van der Waals surface area (Å²) in [5, 5.41) is 2.85. The van der Waals surface area contributed by atoms with Gasteiger partial charge in [0.25, 0.3) is 5.91 Å². The minimum Gasteiger partial charge on any atom is -0.459 e. The molecule has 5 nitrogen and oxygen atoms in total. The lowest BCUT2D eigenvalue weighted by molar-refractivity contribution is 0.0920. The Bertz CT molecular complexity index is 620. The first-order chi connectivity index (χ1) is 11.2. The molecule has 0 aliphatic carbocycles. The predicted octanol–water partition coefficient (Wildman–Crippen LogP) is 1.97. The van der Waals surface area contributed by atoms with Gasteiger partial charge in [0.15, 0.2) is 5.76 Å². The summed E-state index contributed by atoms with van der Waals surface area (Å²) < 4.78 is 18.0. The third-order valence-electron chi connectivity index (χ3n) is 4.02. The van der Waals surface area contributed by atoms with Crippen LogP contribution in [0.3, 0.4) is 0 Å². The number of hydrogen-bond acceptors (Lipinski definition) is 4. The molecule has 1 aliphatic rings. The van der Waals surface area contributed by atoms with E-state index in [0.29, 0.717) is 12.3 Å². The highest BCUT2D eigenvalue weighted by Gasteiger charge is 2.17. The summed E-state index contributed by atoms with van der Waals surface area (Å²) in [6.07, 6.45) is 1.49. The fourth-order valence-corrected chi connectivity index (χ4v) is 2.70. The molecule has 122 valence electrons. The fourth-order valence-electron chi connectivity index (χ4n) is 2.70. The van der Waals surface area contributed by atoms with E-state index in [0.717, 1.165) is 38.4 Å². The average Bonchev–Trinajstić information content (AvgIpc) is 3.11. The summed E-state index contributed by atoms with van der Waals surface area (Å²) in [7, 11) is 0. The minimum atomic E-state index is -0.209. The van der Waals surface area contributed by atoms with E-state index in [9.17, 15) is 9.18 Å². The van der Waals surface area contributed by atoms with Crippen molar-refractivity contribution in [3.05, 3.63) is 54.2 Å². The standard InChI is InChI=1S/C17H20FN3O2/c18-14-3-5-15(6-4-14)21-11-9-20(10-12-21)8-7-19-17(22)16-2-1-13-23-16/h1-6,13H,7-12H2,(H,19,22). The summed E-state index contributed by atoms with van der Waals surface area (Å²) >= 11 is 0. The van der Waals surface area contributed by atoms with Gasteiger partial charge in [-0.25, -0.2) is 4.39 Å². The molecule has 0 saturated carbocycles. The molecule has 0 spiro atoms. The second kappa shape index (κ2) is 7.28. The first kappa shape index (κ1) is 15.6. The van der Waals surface area contributed by atoms with Crippen LogP contribution in [0.15, 0.2) is 47.1 Å². The number of anilines is 1. The first-order valence-corrected chi connectivity index (χ1v) is 7.77. The van der Waals surface area contributed by atoms with E-state index in [-0.39, 0.29) is 11.7 Å². The molecule has 2 heterocycles. The lowest BCUT2D eigenvalue weighted by Crippen LogP contribution is -2.48. The van der Waals surface area contributed by atoms with Gasteiger partial charge in [0.05, 0.1) is 6.26 Å². The van der Waals surface area contributed by atoms with Gasteiger partial charge >= 0.3 is 0 Å². The number of carbonyl (C=O) groups is 1. The third kappa shape index (κ3) is 4.10. The molecule has 1 N–H and O–H groups in total. The number of halogens is 1. The Hall–Kier alpha value is -2.34. The second-order valence-corrected chi connectivity index (χ2v) is 5.54. The van der Waals surface area contributed by atoms with Crippen molar-refractivity contribution in [1.82, 2.24) is 10.2 Å². The number of piperazine rings is 1. The Kier molecular flexibility index (Phi) is 4.92. The Morgan fingerprint density at radius 3 is 2.52 bits per heavy atom. The van der Waals surface area contributed by atoms with Crippen molar-refractivity contribution in [2.75, 3.05) is 44.2 Å². The molecule has 1 fully saturated rings. The van der Waals surface area contributed by atoms with Crippen LogP contribution in [0.2, 0.25) is 0 Å². The predicted molar refractivity (Wildman–Crippen MR) is 86.1 cm³/mol. The number of nitrogens with zero attached hydrogens (tertiary/aromatic N) is 2. The Labute approximate surface area is 134 Å². The van der Waals surface area contributed by atoms with Gasteiger partial charge in [-0.3, -0.25) is 9.69 Å². The minimum absolute atomic E-state index is 0.181. The van der Waals surface area contributed by atoms with Crippen molar-refractivity contribution in [2.24, 2.45) is 0 Å². The lowest BCUT2D eigenvalue weighted by Gasteiger charge is -2.36. The van der Waals surface area contributed by atoms with Crippen LogP contribution >= 0.6 is 0 Å². The number of rotatable bonds is 5. The van der Waals surface area contributed by atoms with E-state index in [1.807, 2.05) is 12.1 Å². The van der Waals surface area contributed by atoms with Crippen molar-refractivity contribution in [3.63, 3.8) is 0 Å². The Balaban J connectivity index is 1.39. The van der Waals surface area contributed by atoms with E-state index in [1.165, 1.54) is 18.4 Å². The number of nitrogens with one attached hydrogen (secondary N) is 1. The van der Waals surface area contributed by atoms with Crippen LogP contribution in [0.5, 0.6) is 0 Å². The summed E-state index contributed by atoms with van der Waals surface area (Å²) in [5.74, 6) is -0.0502. The van der Waals surface area contributed by atoms with Crippen LogP contribution in [0.1, 0.15) is 10.6 Å². The maximum absolute atomic E-state index is 13.0. The third-order valence-corrected chi connectivity index (χ3v) is 4.02. The quantitative estimate of drug-likeness (QED) is 0.916. The number of benzene rings is 1. The normalized spacial score (nSPS) is 15.6. The van der Waals surface area contributed by atoms with Gasteiger partial charge < -0.3 is 14.6 Å². The number of carbonyl (C=O) groups excluding carboxylic acids is 1. The molecule has 0 radical (unpaired) electrons. The highest BCUT2D eigenvalue weighted by atomic mass is 19.1. The van der Waals surface area contributed by atoms with E-state index in [2.05, 4.69) is 15.1 Å². The Morgan fingerprint density at radius 2 is 1.87 bits per heavy atom. The average molecular weight is 317 g/mol. The zero-order valence-corrected chi connectivity index (χ0v) is 12.9. The molecule has 0 unspecified atom stereocenters. The molecule has 3 rings (SSSR count). The molecule has 1 amide bonds. The molecule has 2 aromatic rings. The van der Waals surface area contributed by atoms with Gasteiger partial charge in [0.2, 0.25) is 0 Å². The summed E-state index contributed by atoms with van der Waals surface area (Å²) in [4.78, 5) is 16.3. The van der Waals surface area contributed by atoms with Crippen LogP contribution in [0, 0.1) is 5.82 Å². The molecule has 1 aromatic heterocycles. The Morgan fingerprint density at radius 1 is 1.13 bits per heavy atom. The van der Waals surface area contributed by atoms with Gasteiger partial charge in [-0.1, -0.05) is 0 Å². The van der Waals surface area contributed by atoms with Crippen molar-refractivity contribution in [2.45, 2.75) is 0 Å². The zero-order valence-electron chi connectivity index (χ0n) is 12.9. The molecule has 1 saturated heterocycles. The summed E-state index contributed by atoms with van der Waals surface area (Å²) in [5.41, 5.74) is 1.05. The lowest BCUT2D eigenvalue weighted by atomic mass is 10.2. The molecular formula is C17H20FN3O2. The number of furan rings is 1. The molecule has 23 heavy (non-hydrogen) atoms. The molecule has 1 aliphatic heterocycles. The van der Waals surface area contributed by atoms with Gasteiger partial charge in [0, 0.05) is 45.0 Å². The van der Waals surface area contributed by atoms with Crippen LogP contribution < -0.4 is 10.2 Å². The van der Waals surface area contributed by atoms with Crippen LogP contribution in [0.25, 0.3) is 0 Å². The maximum Gasteiger partial charge on any atom is 0.287 e. The number of amides is 1. The smallest absolute Gasteiger partial charge is 0.287 e. The zero-order chi connectivity index (χ0) is 16.1. The van der Waals surface area contributed by atoms with E-state index in [4.69, 9.17) is 4.42 Å². The van der Waals surface area contributed by atoms with Gasteiger partial charge in [0.1, 0.15) is 5.82 Å². The SMILES string of the molecule is O=C(NCCN1CCN(c2ccc(F)cc2)CC1)c1ccco1. The first-order valence-electron chi connectivity index (χ1n) is 7.77. The monoisotopic (exact) mass is 317 g/mol. The highest BCUT2D eigenvalue weighted by molar-refractivity contribution is 5.91. The van der Waals surface area contributed by atoms with E-state index >= 15 is 0 Å². The van der Waals surface area contributed by atoms with E-state index < -0.39 is 0 Å². The largest absolute Gasteiger partial charge is 0.459 e. The van der Waals surface area contributed by atoms with Crippen molar-refractivity contribution in [3.8, 4) is 0 Å². The topological polar surface area (TPSA) is 48.7 Å². The fraction of sp³-hybridized carbons (Fsp3) is 0.353. The summed E-state index contributed by atoms with van der Waals surface area (Å²) in [6.45, 7) is 5.05. The molecule has 0 bridgehead atoms. The van der Waals surface area contributed by atoms with Gasteiger partial charge in [-0.05, 0) is 36.4 Å². The molecular weight excluding hydrogens is 297 g/mol. The maximum atomic E-state index is 13.0. The van der Waals surface area contributed by atoms with Crippen LogP contribution in [-0.2, 0) is 0 Å². The van der Waals surface area contributed by atoms with Crippen molar-refractivity contribution < 1.29 is 13.6 Å². The molecule has 0 atom stereocenters. The van der Waals surface area contributed by atoms with Crippen molar-refractivity contribution >= 4 is 11.6 Å². The highest BCUT2D eigenvalue weighted by Crippen LogP contribution is 2.16.